The van der Waals surface area contributed by atoms with Crippen LogP contribution in [0.15, 0.2) is 30.5 Å². The van der Waals surface area contributed by atoms with E-state index < -0.39 is 11.8 Å². The predicted octanol–water partition coefficient (Wildman–Crippen LogP) is 3.45. The Bertz CT molecular complexity index is 833. The van der Waals surface area contributed by atoms with E-state index in [-0.39, 0.29) is 17.7 Å². The van der Waals surface area contributed by atoms with Crippen LogP contribution in [0.4, 0.5) is 10.3 Å². The molecule has 1 saturated heterocycles. The number of carboxylic acid groups (broad SMARTS) is 1. The zero-order valence-corrected chi connectivity index (χ0v) is 14.9. The molecule has 2 aromatic rings. The maximum atomic E-state index is 14.4. The molecule has 2 heterocycles. The highest BCUT2D eigenvalue weighted by molar-refractivity contribution is 5.70. The largest absolute Gasteiger partial charge is 0.481 e. The van der Waals surface area contributed by atoms with Crippen LogP contribution in [-0.4, -0.2) is 40.3 Å². The van der Waals surface area contributed by atoms with Crippen LogP contribution in [0.25, 0.3) is 11.3 Å². The molecule has 6 nitrogen and oxygen atoms in total. The van der Waals surface area contributed by atoms with Gasteiger partial charge in [-0.15, -0.1) is 0 Å². The molecule has 27 heavy (non-hydrogen) atoms. The molecule has 0 atom stereocenters. The summed E-state index contributed by atoms with van der Waals surface area (Å²) in [5, 5.41) is 12.3. The first kappa shape index (κ1) is 17.9. The molecular weight excluding hydrogens is 349 g/mol. The minimum absolute atomic E-state index is 0.109. The molecular formula is C20H22FN3O3. The van der Waals surface area contributed by atoms with E-state index in [1.807, 2.05) is 24.3 Å². The van der Waals surface area contributed by atoms with Crippen LogP contribution in [0.5, 0.6) is 0 Å². The summed E-state index contributed by atoms with van der Waals surface area (Å²) >= 11 is 0. The standard InChI is InChI=1S/C20H22FN3O3/c21-17-9-22-20(23-16-6-4-12(5-7-16)19(25)26)24-18(17)14-3-1-2-13(8-14)15-10-27-11-15/h1-3,8-9,12,15-16H,4-7,10-11H2,(H,25,26)(H,22,23,24)/t12-,16-. The van der Waals surface area contributed by atoms with Crippen molar-refractivity contribution >= 4 is 11.9 Å². The van der Waals surface area contributed by atoms with Crippen LogP contribution in [-0.2, 0) is 9.53 Å². The zero-order chi connectivity index (χ0) is 18.8. The Morgan fingerprint density at radius 2 is 2.00 bits per heavy atom. The molecule has 0 bridgehead atoms. The van der Waals surface area contributed by atoms with Gasteiger partial charge in [-0.05, 0) is 37.3 Å². The SMILES string of the molecule is O=C(O)[C@H]1CC[C@H](Nc2ncc(F)c(-c3cccc(C4COC4)c3)n2)CC1. The van der Waals surface area contributed by atoms with Gasteiger partial charge in [-0.2, -0.15) is 0 Å². The highest BCUT2D eigenvalue weighted by atomic mass is 19.1. The summed E-state index contributed by atoms with van der Waals surface area (Å²) in [6, 6.07) is 7.84. The lowest BCUT2D eigenvalue weighted by Gasteiger charge is -2.27. The number of anilines is 1. The van der Waals surface area contributed by atoms with Crippen molar-refractivity contribution in [3.05, 3.63) is 41.8 Å². The topological polar surface area (TPSA) is 84.3 Å². The molecule has 1 aromatic carbocycles. The van der Waals surface area contributed by atoms with Crippen molar-refractivity contribution in [2.45, 2.75) is 37.6 Å². The van der Waals surface area contributed by atoms with Crippen LogP contribution in [0.2, 0.25) is 0 Å². The summed E-state index contributed by atoms with van der Waals surface area (Å²) in [4.78, 5) is 19.5. The first-order valence-electron chi connectivity index (χ1n) is 9.30. The maximum absolute atomic E-state index is 14.4. The number of hydrogen-bond acceptors (Lipinski definition) is 5. The van der Waals surface area contributed by atoms with Gasteiger partial charge in [0.25, 0.3) is 0 Å². The monoisotopic (exact) mass is 371 g/mol. The molecule has 0 radical (unpaired) electrons. The molecule has 7 heteroatoms. The van der Waals surface area contributed by atoms with Crippen molar-refractivity contribution in [3.8, 4) is 11.3 Å². The van der Waals surface area contributed by atoms with Gasteiger partial charge in [0.05, 0.1) is 25.3 Å². The second kappa shape index (κ2) is 7.60. The molecule has 142 valence electrons. The molecule has 1 aromatic heterocycles. The Morgan fingerprint density at radius 1 is 1.22 bits per heavy atom. The number of aromatic nitrogens is 2. The number of rotatable bonds is 5. The number of ether oxygens (including phenoxy) is 1. The summed E-state index contributed by atoms with van der Waals surface area (Å²) in [6.45, 7) is 1.39. The number of carboxylic acids is 1. The number of halogens is 1. The maximum Gasteiger partial charge on any atom is 0.306 e. The molecule has 1 aliphatic heterocycles. The molecule has 0 spiro atoms. The van der Waals surface area contributed by atoms with Gasteiger partial charge in [-0.25, -0.2) is 14.4 Å². The van der Waals surface area contributed by atoms with E-state index in [4.69, 9.17) is 9.84 Å². The number of aliphatic carboxylic acids is 1. The smallest absolute Gasteiger partial charge is 0.306 e. The highest BCUT2D eigenvalue weighted by Gasteiger charge is 2.26. The summed E-state index contributed by atoms with van der Waals surface area (Å²) < 4.78 is 19.6. The Kier molecular flexibility index (Phi) is 5.03. The second-order valence-electron chi connectivity index (χ2n) is 7.28. The molecule has 0 unspecified atom stereocenters. The van der Waals surface area contributed by atoms with E-state index in [2.05, 4.69) is 15.3 Å². The minimum Gasteiger partial charge on any atom is -0.481 e. The minimum atomic E-state index is -0.731. The number of benzene rings is 1. The fourth-order valence-electron chi connectivity index (χ4n) is 3.67. The van der Waals surface area contributed by atoms with Gasteiger partial charge in [-0.1, -0.05) is 18.2 Å². The molecule has 2 aliphatic rings. The lowest BCUT2D eigenvalue weighted by atomic mass is 9.86. The quantitative estimate of drug-likeness (QED) is 0.837. The molecule has 2 N–H and O–H groups in total. The van der Waals surface area contributed by atoms with Gasteiger partial charge in [0.1, 0.15) is 5.69 Å². The predicted molar refractivity (Wildman–Crippen MR) is 98.0 cm³/mol. The number of hydrogen-bond donors (Lipinski definition) is 2. The van der Waals surface area contributed by atoms with E-state index in [0.717, 1.165) is 24.0 Å². The van der Waals surface area contributed by atoms with Gasteiger partial charge in [0.15, 0.2) is 5.82 Å². The van der Waals surface area contributed by atoms with Crippen molar-refractivity contribution < 1.29 is 19.0 Å². The lowest BCUT2D eigenvalue weighted by Crippen LogP contribution is -2.30. The van der Waals surface area contributed by atoms with Crippen molar-refractivity contribution in [2.75, 3.05) is 18.5 Å². The summed E-state index contributed by atoms with van der Waals surface area (Å²) in [5.41, 5.74) is 2.11. The van der Waals surface area contributed by atoms with Crippen LogP contribution in [0.1, 0.15) is 37.2 Å². The van der Waals surface area contributed by atoms with Gasteiger partial charge in [0.2, 0.25) is 5.95 Å². The average Bonchev–Trinajstić information content (AvgIpc) is 2.62. The Balaban J connectivity index is 1.49. The van der Waals surface area contributed by atoms with E-state index in [1.165, 1.54) is 6.20 Å². The average molecular weight is 371 g/mol. The second-order valence-corrected chi connectivity index (χ2v) is 7.28. The Hall–Kier alpha value is -2.54. The Labute approximate surface area is 156 Å². The van der Waals surface area contributed by atoms with Crippen molar-refractivity contribution in [1.82, 2.24) is 9.97 Å². The van der Waals surface area contributed by atoms with Gasteiger partial charge < -0.3 is 15.2 Å². The third-order valence-electron chi connectivity index (χ3n) is 5.42. The number of carbonyl (C=O) groups is 1. The lowest BCUT2D eigenvalue weighted by molar-refractivity contribution is -0.142. The zero-order valence-electron chi connectivity index (χ0n) is 14.9. The highest BCUT2D eigenvalue weighted by Crippen LogP contribution is 2.30. The molecule has 1 aliphatic carbocycles. The van der Waals surface area contributed by atoms with Crippen LogP contribution in [0.3, 0.4) is 0 Å². The fraction of sp³-hybridized carbons (Fsp3) is 0.450. The number of nitrogens with zero attached hydrogens (tertiary/aromatic N) is 2. The van der Waals surface area contributed by atoms with Crippen molar-refractivity contribution in [1.29, 1.82) is 0 Å². The van der Waals surface area contributed by atoms with Crippen molar-refractivity contribution in [3.63, 3.8) is 0 Å². The van der Waals surface area contributed by atoms with E-state index >= 15 is 0 Å². The third kappa shape index (κ3) is 3.93. The first-order chi connectivity index (χ1) is 13.1. The third-order valence-corrected chi connectivity index (χ3v) is 5.42. The first-order valence-corrected chi connectivity index (χ1v) is 9.30. The van der Waals surface area contributed by atoms with Crippen LogP contribution < -0.4 is 5.32 Å². The van der Waals surface area contributed by atoms with Crippen LogP contribution >= 0.6 is 0 Å². The fourth-order valence-corrected chi connectivity index (χ4v) is 3.67. The van der Waals surface area contributed by atoms with E-state index in [1.54, 1.807) is 0 Å². The molecule has 2 fully saturated rings. The van der Waals surface area contributed by atoms with E-state index in [9.17, 15) is 9.18 Å². The molecule has 1 saturated carbocycles. The molecule has 4 rings (SSSR count). The van der Waals surface area contributed by atoms with Crippen LogP contribution in [0, 0.1) is 11.7 Å². The van der Waals surface area contributed by atoms with Gasteiger partial charge >= 0.3 is 5.97 Å². The normalized spacial score (nSPS) is 22.9. The van der Waals surface area contributed by atoms with Gasteiger partial charge in [0, 0.05) is 17.5 Å². The summed E-state index contributed by atoms with van der Waals surface area (Å²) in [7, 11) is 0. The van der Waals surface area contributed by atoms with E-state index in [0.29, 0.717) is 37.9 Å². The Morgan fingerprint density at radius 3 is 2.67 bits per heavy atom. The van der Waals surface area contributed by atoms with Crippen molar-refractivity contribution in [2.24, 2.45) is 5.92 Å². The van der Waals surface area contributed by atoms with Gasteiger partial charge in [-0.3, -0.25) is 4.79 Å². The number of nitrogens with one attached hydrogen (secondary N) is 1. The summed E-state index contributed by atoms with van der Waals surface area (Å²) in [5.74, 6) is -0.729. The summed E-state index contributed by atoms with van der Waals surface area (Å²) in [6.07, 6.45) is 3.93. The molecule has 0 amide bonds.